The van der Waals surface area contributed by atoms with Crippen molar-refractivity contribution in [1.82, 2.24) is 15.3 Å². The highest BCUT2D eigenvalue weighted by Crippen LogP contribution is 2.18. The van der Waals surface area contributed by atoms with Crippen molar-refractivity contribution in [2.45, 2.75) is 6.54 Å². The molecular weight excluding hydrogens is 274 g/mol. The number of carbonyl (C=O) groups excluding carboxylic acids is 1. The van der Waals surface area contributed by atoms with Crippen molar-refractivity contribution >= 4 is 5.91 Å². The summed E-state index contributed by atoms with van der Waals surface area (Å²) in [6.45, 7) is 0.469. The fourth-order valence-corrected chi connectivity index (χ4v) is 2.14. The third kappa shape index (κ3) is 3.35. The van der Waals surface area contributed by atoms with Gasteiger partial charge in [0.15, 0.2) is 0 Å². The van der Waals surface area contributed by atoms with Gasteiger partial charge in [-0.1, -0.05) is 30.3 Å². The van der Waals surface area contributed by atoms with Gasteiger partial charge in [-0.25, -0.2) is 0 Å². The summed E-state index contributed by atoms with van der Waals surface area (Å²) in [5, 5.41) is 2.89. The molecule has 0 aliphatic carbocycles. The minimum absolute atomic E-state index is 0.137. The minimum atomic E-state index is -0.137. The van der Waals surface area contributed by atoms with Gasteiger partial charge in [0.1, 0.15) is 0 Å². The molecule has 4 nitrogen and oxygen atoms in total. The molecule has 0 saturated heterocycles. The summed E-state index contributed by atoms with van der Waals surface area (Å²) in [5.41, 5.74) is 3.53. The third-order valence-electron chi connectivity index (χ3n) is 3.31. The molecule has 22 heavy (non-hydrogen) atoms. The van der Waals surface area contributed by atoms with Crippen LogP contribution in [-0.2, 0) is 6.54 Å². The molecule has 1 N–H and O–H groups in total. The van der Waals surface area contributed by atoms with Gasteiger partial charge < -0.3 is 5.32 Å². The Morgan fingerprint density at radius 1 is 0.909 bits per heavy atom. The quantitative estimate of drug-likeness (QED) is 0.803. The zero-order chi connectivity index (χ0) is 15.2. The highest BCUT2D eigenvalue weighted by Gasteiger charge is 2.07. The second-order valence-electron chi connectivity index (χ2n) is 4.87. The molecule has 3 aromatic rings. The lowest BCUT2D eigenvalue weighted by molar-refractivity contribution is 0.0950. The van der Waals surface area contributed by atoms with E-state index in [9.17, 15) is 4.79 Å². The van der Waals surface area contributed by atoms with Crippen LogP contribution in [0.3, 0.4) is 0 Å². The van der Waals surface area contributed by atoms with Crippen molar-refractivity contribution in [3.05, 3.63) is 84.4 Å². The Balaban J connectivity index is 1.73. The third-order valence-corrected chi connectivity index (χ3v) is 3.31. The number of nitrogens with one attached hydrogen (secondary N) is 1. The molecule has 0 fully saturated rings. The predicted molar refractivity (Wildman–Crippen MR) is 85.1 cm³/mol. The monoisotopic (exact) mass is 289 g/mol. The van der Waals surface area contributed by atoms with E-state index in [-0.39, 0.29) is 5.91 Å². The Kier molecular flexibility index (Phi) is 4.20. The molecule has 3 rings (SSSR count). The topological polar surface area (TPSA) is 54.9 Å². The Labute approximate surface area is 128 Å². The van der Waals surface area contributed by atoms with E-state index in [1.807, 2.05) is 48.5 Å². The summed E-state index contributed by atoms with van der Waals surface area (Å²) < 4.78 is 0. The van der Waals surface area contributed by atoms with Crippen LogP contribution < -0.4 is 5.32 Å². The first-order valence-electron chi connectivity index (χ1n) is 7.00. The second kappa shape index (κ2) is 6.63. The van der Waals surface area contributed by atoms with Gasteiger partial charge in [0.05, 0.1) is 5.56 Å². The van der Waals surface area contributed by atoms with E-state index in [0.717, 1.165) is 16.7 Å². The summed E-state index contributed by atoms with van der Waals surface area (Å²) in [4.78, 5) is 20.4. The average Bonchev–Trinajstić information content (AvgIpc) is 2.61. The molecule has 0 radical (unpaired) electrons. The Bertz CT molecular complexity index is 758. The highest BCUT2D eigenvalue weighted by atomic mass is 16.1. The minimum Gasteiger partial charge on any atom is -0.348 e. The molecule has 0 aliphatic rings. The maximum absolute atomic E-state index is 12.2. The van der Waals surface area contributed by atoms with Gasteiger partial charge in [-0.05, 0) is 29.3 Å². The van der Waals surface area contributed by atoms with Crippen LogP contribution in [0.1, 0.15) is 15.9 Å². The standard InChI is InChI=1S/C18H15N3O/c22-18(21-11-14-6-8-19-9-7-14)17-10-16(12-20-13-17)15-4-2-1-3-5-15/h1-10,12-13H,11H2,(H,21,22). The fourth-order valence-electron chi connectivity index (χ4n) is 2.14. The molecule has 0 atom stereocenters. The lowest BCUT2D eigenvalue weighted by atomic mass is 10.1. The second-order valence-corrected chi connectivity index (χ2v) is 4.87. The van der Waals surface area contributed by atoms with Gasteiger partial charge in [-0.3, -0.25) is 14.8 Å². The molecule has 2 aromatic heterocycles. The van der Waals surface area contributed by atoms with Crippen LogP contribution in [-0.4, -0.2) is 15.9 Å². The van der Waals surface area contributed by atoms with Crippen LogP contribution in [0.15, 0.2) is 73.3 Å². The number of hydrogen-bond acceptors (Lipinski definition) is 3. The van der Waals surface area contributed by atoms with Gasteiger partial charge >= 0.3 is 0 Å². The predicted octanol–water partition coefficient (Wildman–Crippen LogP) is 3.07. The van der Waals surface area contributed by atoms with Gasteiger partial charge in [0, 0.05) is 36.9 Å². The molecule has 0 unspecified atom stereocenters. The molecule has 0 spiro atoms. The van der Waals surface area contributed by atoms with E-state index in [1.165, 1.54) is 0 Å². The molecule has 0 saturated carbocycles. The summed E-state index contributed by atoms with van der Waals surface area (Å²) in [7, 11) is 0. The number of benzene rings is 1. The van der Waals surface area contributed by atoms with Crippen LogP contribution in [0.25, 0.3) is 11.1 Å². The molecule has 2 heterocycles. The zero-order valence-corrected chi connectivity index (χ0v) is 11.9. The zero-order valence-electron chi connectivity index (χ0n) is 11.9. The van der Waals surface area contributed by atoms with Crippen molar-refractivity contribution in [3.63, 3.8) is 0 Å². The lowest BCUT2D eigenvalue weighted by Gasteiger charge is -2.07. The van der Waals surface area contributed by atoms with Gasteiger partial charge in [0.2, 0.25) is 0 Å². The summed E-state index contributed by atoms with van der Waals surface area (Å²) in [6, 6.07) is 15.5. The molecule has 0 aliphatic heterocycles. The van der Waals surface area contributed by atoms with Gasteiger partial charge in [0.25, 0.3) is 5.91 Å². The van der Waals surface area contributed by atoms with E-state index >= 15 is 0 Å². The number of pyridine rings is 2. The van der Waals surface area contributed by atoms with Crippen LogP contribution >= 0.6 is 0 Å². The first kappa shape index (κ1) is 13.9. The molecule has 0 bridgehead atoms. The number of nitrogens with zero attached hydrogens (tertiary/aromatic N) is 2. The van der Waals surface area contributed by atoms with Crippen LogP contribution in [0.2, 0.25) is 0 Å². The first-order valence-corrected chi connectivity index (χ1v) is 7.00. The highest BCUT2D eigenvalue weighted by molar-refractivity contribution is 5.95. The Morgan fingerprint density at radius 2 is 1.68 bits per heavy atom. The molecular formula is C18H15N3O. The lowest BCUT2D eigenvalue weighted by Crippen LogP contribution is -2.22. The van der Waals surface area contributed by atoms with Crippen molar-refractivity contribution < 1.29 is 4.79 Å². The van der Waals surface area contributed by atoms with Gasteiger partial charge in [-0.15, -0.1) is 0 Å². The first-order chi connectivity index (χ1) is 10.8. The number of amides is 1. The summed E-state index contributed by atoms with van der Waals surface area (Å²) >= 11 is 0. The van der Waals surface area contributed by atoms with Crippen LogP contribution in [0.5, 0.6) is 0 Å². The molecule has 1 amide bonds. The normalized spacial score (nSPS) is 10.2. The number of rotatable bonds is 4. The van der Waals surface area contributed by atoms with E-state index in [0.29, 0.717) is 12.1 Å². The van der Waals surface area contributed by atoms with E-state index < -0.39 is 0 Å². The van der Waals surface area contributed by atoms with Crippen molar-refractivity contribution in [1.29, 1.82) is 0 Å². The Morgan fingerprint density at radius 3 is 2.45 bits per heavy atom. The Hall–Kier alpha value is -3.01. The van der Waals surface area contributed by atoms with E-state index in [1.54, 1.807) is 24.8 Å². The van der Waals surface area contributed by atoms with Crippen molar-refractivity contribution in [2.24, 2.45) is 0 Å². The maximum Gasteiger partial charge on any atom is 0.253 e. The van der Waals surface area contributed by atoms with Crippen LogP contribution in [0, 0.1) is 0 Å². The number of aromatic nitrogens is 2. The number of hydrogen-bond donors (Lipinski definition) is 1. The summed E-state index contributed by atoms with van der Waals surface area (Å²) in [6.07, 6.45) is 6.75. The maximum atomic E-state index is 12.2. The molecule has 1 aromatic carbocycles. The summed E-state index contributed by atoms with van der Waals surface area (Å²) in [5.74, 6) is -0.137. The van der Waals surface area contributed by atoms with E-state index in [4.69, 9.17) is 0 Å². The van der Waals surface area contributed by atoms with E-state index in [2.05, 4.69) is 15.3 Å². The smallest absolute Gasteiger partial charge is 0.253 e. The van der Waals surface area contributed by atoms with Crippen molar-refractivity contribution in [3.8, 4) is 11.1 Å². The SMILES string of the molecule is O=C(NCc1ccncc1)c1cncc(-c2ccccc2)c1. The fraction of sp³-hybridized carbons (Fsp3) is 0.0556. The van der Waals surface area contributed by atoms with Gasteiger partial charge in [-0.2, -0.15) is 0 Å². The molecule has 4 heteroatoms. The largest absolute Gasteiger partial charge is 0.348 e. The number of carbonyl (C=O) groups is 1. The van der Waals surface area contributed by atoms with Crippen LogP contribution in [0.4, 0.5) is 0 Å². The van der Waals surface area contributed by atoms with Crippen molar-refractivity contribution in [2.75, 3.05) is 0 Å². The average molecular weight is 289 g/mol. The molecule has 108 valence electrons.